The average molecular weight is 691 g/mol. The number of aliphatic imine (C=N–C) groups is 1. The number of nitrogen functional groups attached to an aromatic ring is 1. The zero-order chi connectivity index (χ0) is 34.3. The number of thiazole rings is 1. The number of nitrogens with one attached hydrogen (secondary N) is 1. The number of hydrogen-bond acceptors (Lipinski definition) is 14. The van der Waals surface area contributed by atoms with E-state index in [-0.39, 0.29) is 41.0 Å². The molecular weight excluding hydrogens is 653 g/mol. The van der Waals surface area contributed by atoms with E-state index in [4.69, 9.17) is 35.6 Å². The molecule has 3 atom stereocenters. The van der Waals surface area contributed by atoms with Crippen LogP contribution < -0.4 is 27.3 Å². The van der Waals surface area contributed by atoms with E-state index in [1.807, 2.05) is 6.07 Å². The van der Waals surface area contributed by atoms with Gasteiger partial charge in [0.05, 0.1) is 11.6 Å². The summed E-state index contributed by atoms with van der Waals surface area (Å²) in [4.78, 5) is 53.0. The van der Waals surface area contributed by atoms with Crippen LogP contribution in [-0.2, 0) is 29.9 Å². The Labute approximate surface area is 279 Å². The van der Waals surface area contributed by atoms with E-state index in [1.165, 1.54) is 12.3 Å². The number of amides is 2. The summed E-state index contributed by atoms with van der Waals surface area (Å²) in [6, 6.07) is 4.42. The molecule has 18 heteroatoms. The molecule has 1 saturated carbocycles. The quantitative estimate of drug-likeness (QED) is 0.0610. The van der Waals surface area contributed by atoms with E-state index in [9.17, 15) is 19.5 Å². The maximum Gasteiger partial charge on any atom is 0.354 e. The van der Waals surface area contributed by atoms with Crippen LogP contribution in [-0.4, -0.2) is 84.9 Å². The highest BCUT2D eigenvalue weighted by molar-refractivity contribution is 7.88. The fraction of sp³-hybridized carbons (Fsp3) is 0.517. The van der Waals surface area contributed by atoms with E-state index in [0.717, 1.165) is 40.4 Å². The Kier molecular flexibility index (Phi) is 9.44. The molecule has 3 aliphatic rings. The smallest absolute Gasteiger partial charge is 0.354 e. The molecule has 16 nitrogen and oxygen atoms in total. The Balaban J connectivity index is 1.33. The number of ether oxygens (including phenoxy) is 1. The fourth-order valence-corrected chi connectivity index (χ4v) is 6.76. The second-order valence-electron chi connectivity index (χ2n) is 12.9. The second-order valence-corrected chi connectivity index (χ2v) is 14.1. The van der Waals surface area contributed by atoms with Crippen molar-refractivity contribution in [3.63, 3.8) is 0 Å². The number of amidine groups is 1. The first-order valence-corrected chi connectivity index (χ1v) is 16.4. The van der Waals surface area contributed by atoms with Crippen LogP contribution in [0.5, 0.6) is 5.75 Å². The third-order valence-electron chi connectivity index (χ3n) is 8.98. The lowest BCUT2D eigenvalue weighted by molar-refractivity contribution is -0.214. The Morgan fingerprint density at radius 2 is 2.04 bits per heavy atom. The summed E-state index contributed by atoms with van der Waals surface area (Å²) in [5, 5.41) is 19.3. The molecule has 0 bridgehead atoms. The largest absolute Gasteiger partial charge is 0.485 e. The summed E-state index contributed by atoms with van der Waals surface area (Å²) in [5.41, 5.74) is 16.1. The third-order valence-corrected chi connectivity index (χ3v) is 9.87. The van der Waals surface area contributed by atoms with Gasteiger partial charge in [0, 0.05) is 10.9 Å². The van der Waals surface area contributed by atoms with E-state index < -0.39 is 46.8 Å². The molecule has 0 spiro atoms. The van der Waals surface area contributed by atoms with Gasteiger partial charge in [-0.2, -0.15) is 9.35 Å². The predicted molar refractivity (Wildman–Crippen MR) is 174 cm³/mol. The molecule has 254 valence electrons. The van der Waals surface area contributed by atoms with Crippen molar-refractivity contribution in [2.24, 2.45) is 27.0 Å². The minimum atomic E-state index is -2.04. The first-order chi connectivity index (χ1) is 22.1. The van der Waals surface area contributed by atoms with Crippen LogP contribution in [0.25, 0.3) is 0 Å². The number of aliphatic carboxylic acids is 1. The number of rotatable bonds is 12. The topological polar surface area (TPSA) is 250 Å². The summed E-state index contributed by atoms with van der Waals surface area (Å²) >= 11 is 1.02. The number of aromatic nitrogens is 1. The van der Waals surface area contributed by atoms with Crippen molar-refractivity contribution < 1.29 is 37.9 Å². The highest BCUT2D eigenvalue weighted by Gasteiger charge is 2.57. The normalized spacial score (nSPS) is 26.6. The van der Waals surface area contributed by atoms with Crippen LogP contribution in [0, 0.1) is 5.41 Å². The molecule has 1 aliphatic carbocycles. The van der Waals surface area contributed by atoms with Gasteiger partial charge in [-0.3, -0.25) is 14.6 Å². The summed E-state index contributed by atoms with van der Waals surface area (Å²) in [7, 11) is 0. The number of carbonyl (C=O) groups is 3. The van der Waals surface area contributed by atoms with Crippen molar-refractivity contribution in [1.29, 1.82) is 0 Å². The predicted octanol–water partition coefficient (Wildman–Crippen LogP) is 1.67. The van der Waals surface area contributed by atoms with E-state index in [0.29, 0.717) is 24.6 Å². The van der Waals surface area contributed by atoms with Crippen molar-refractivity contribution in [3.05, 3.63) is 40.4 Å². The number of nitrogens with zero attached hydrogens (tertiary/aromatic N) is 4. The molecule has 2 fully saturated rings. The number of nitrogens with two attached hydrogens (primary N) is 3. The summed E-state index contributed by atoms with van der Waals surface area (Å²) in [5.74, 6) is -2.00. The minimum Gasteiger partial charge on any atom is -0.485 e. The van der Waals surface area contributed by atoms with Crippen molar-refractivity contribution in [2.75, 3.05) is 12.3 Å². The van der Waals surface area contributed by atoms with Gasteiger partial charge in [0.15, 0.2) is 29.3 Å². The number of oxime groups is 1. The maximum absolute atomic E-state index is 13.4. The van der Waals surface area contributed by atoms with Gasteiger partial charge in [0.1, 0.15) is 23.3 Å². The Morgan fingerprint density at radius 1 is 1.32 bits per heavy atom. The standard InChI is InChI=1S/C29H38N8O8S2/c1-27(2)21(24(39)37(27)45-47-42)35-23(38)20(17-12-46-26(32)34-17)36-44-29(4,25(40)41)19-8-6-14-9-15(5-7-18(14)43-19)22(31)33-16-10-28(3,11-16)13-30/h5,7,9,12,16,19,21,42H,6,8,10-11,13,30H2,1-4H3,(H2,31,33)(H2,32,34)(H,35,38)(H,40,41)/b36-20-. The number of aryl methyl sites for hydroxylation is 1. The molecule has 0 radical (unpaired) electrons. The molecule has 2 amide bonds. The zero-order valence-corrected chi connectivity index (χ0v) is 27.9. The number of benzene rings is 1. The van der Waals surface area contributed by atoms with Gasteiger partial charge < -0.3 is 41.8 Å². The van der Waals surface area contributed by atoms with E-state index in [1.54, 1.807) is 26.0 Å². The molecule has 1 saturated heterocycles. The first-order valence-electron chi connectivity index (χ1n) is 14.8. The van der Waals surface area contributed by atoms with Gasteiger partial charge in [-0.25, -0.2) is 9.78 Å². The van der Waals surface area contributed by atoms with Gasteiger partial charge in [0.25, 0.3) is 17.4 Å². The van der Waals surface area contributed by atoms with Gasteiger partial charge in [-0.1, -0.05) is 12.1 Å². The lowest BCUT2D eigenvalue weighted by atomic mass is 9.67. The third kappa shape index (κ3) is 6.60. The van der Waals surface area contributed by atoms with Gasteiger partial charge in [-0.05, 0) is 82.2 Å². The number of fused-ring (bicyclic) bond motifs is 1. The lowest BCUT2D eigenvalue weighted by Crippen LogP contribution is -2.76. The van der Waals surface area contributed by atoms with Crippen LogP contribution >= 0.6 is 23.7 Å². The van der Waals surface area contributed by atoms with Gasteiger partial charge >= 0.3 is 5.97 Å². The fourth-order valence-electron chi connectivity index (χ4n) is 5.88. The molecule has 3 heterocycles. The van der Waals surface area contributed by atoms with Crippen molar-refractivity contribution in [1.82, 2.24) is 15.4 Å². The molecule has 47 heavy (non-hydrogen) atoms. The molecule has 2 aliphatic heterocycles. The number of anilines is 1. The Bertz CT molecular complexity index is 1620. The van der Waals surface area contributed by atoms with Crippen molar-refractivity contribution in [3.8, 4) is 5.75 Å². The highest BCUT2D eigenvalue weighted by Crippen LogP contribution is 2.42. The number of hydrogen-bond donors (Lipinski definition) is 6. The number of β-lactam (4-membered cyclic amide) rings is 1. The molecule has 5 rings (SSSR count). The minimum absolute atomic E-state index is 0.00710. The van der Waals surface area contributed by atoms with Crippen LogP contribution in [0.15, 0.2) is 33.7 Å². The maximum atomic E-state index is 13.4. The number of carboxylic acids is 1. The van der Waals surface area contributed by atoms with Crippen LogP contribution in [0.4, 0.5) is 5.13 Å². The first kappa shape index (κ1) is 34.4. The number of hydroxylamine groups is 2. The lowest BCUT2D eigenvalue weighted by Gasteiger charge is -2.50. The summed E-state index contributed by atoms with van der Waals surface area (Å²) in [6.45, 7) is 7.26. The van der Waals surface area contributed by atoms with Gasteiger partial charge in [0.2, 0.25) is 0 Å². The number of carbonyl (C=O) groups excluding carboxylic acids is 2. The molecular formula is C29H38N8O8S2. The average Bonchev–Trinajstić information content (AvgIpc) is 3.46. The van der Waals surface area contributed by atoms with Crippen molar-refractivity contribution >= 4 is 58.1 Å². The molecule has 9 N–H and O–H groups in total. The zero-order valence-electron chi connectivity index (χ0n) is 26.3. The Morgan fingerprint density at radius 3 is 2.64 bits per heavy atom. The van der Waals surface area contributed by atoms with E-state index >= 15 is 0 Å². The SMILES string of the molecule is CC1(CN)CC(N=C(N)c2ccc3c(c2)CCC(C(C)(O/N=C(\C(=O)NC2C(=O)N(OSO)C2(C)C)c2csc(N)n2)C(=O)O)O3)C1. The van der Waals surface area contributed by atoms with Crippen LogP contribution in [0.1, 0.15) is 63.8 Å². The van der Waals surface area contributed by atoms with Crippen LogP contribution in [0.2, 0.25) is 0 Å². The molecule has 3 unspecified atom stereocenters. The van der Waals surface area contributed by atoms with Gasteiger partial charge in [-0.15, -0.1) is 11.3 Å². The Hall–Kier alpha value is -3.97. The molecule has 1 aromatic carbocycles. The monoisotopic (exact) mass is 690 g/mol. The van der Waals surface area contributed by atoms with E-state index in [2.05, 4.69) is 27.4 Å². The van der Waals surface area contributed by atoms with Crippen LogP contribution in [0.3, 0.4) is 0 Å². The highest BCUT2D eigenvalue weighted by atomic mass is 32.2. The second kappa shape index (κ2) is 12.9. The summed E-state index contributed by atoms with van der Waals surface area (Å²) in [6.07, 6.45) is 1.45. The molecule has 2 aromatic rings. The van der Waals surface area contributed by atoms with Crippen molar-refractivity contribution in [2.45, 2.75) is 82.7 Å². The molecule has 1 aromatic heterocycles. The summed E-state index contributed by atoms with van der Waals surface area (Å²) < 4.78 is 20.0. The number of carboxylic acid groups (broad SMARTS) is 1.